The van der Waals surface area contributed by atoms with E-state index >= 15 is 0 Å². The minimum absolute atomic E-state index is 0. The second-order valence-corrected chi connectivity index (χ2v) is 2.27. The molecule has 0 saturated heterocycles. The molecule has 4 heteroatoms. The van der Waals surface area contributed by atoms with E-state index in [-0.39, 0.29) is 17.0 Å². The first-order valence-corrected chi connectivity index (χ1v) is 3.70. The van der Waals surface area contributed by atoms with E-state index < -0.39 is 6.09 Å². The van der Waals surface area contributed by atoms with Crippen molar-refractivity contribution >= 4 is 23.1 Å². The maximum Gasteiger partial charge on any atom is 0.407 e. The molecule has 68 valence electrons. The van der Waals surface area contributed by atoms with Crippen molar-refractivity contribution in [1.82, 2.24) is 4.90 Å². The molecule has 0 rings (SSSR count). The van der Waals surface area contributed by atoms with Crippen LogP contribution in [0, 0.1) is 0 Å². The predicted molar refractivity (Wildman–Crippen MR) is 50.5 cm³/mol. The summed E-state index contributed by atoms with van der Waals surface area (Å²) in [6.07, 6.45) is 0.988. The van der Waals surface area contributed by atoms with Crippen molar-refractivity contribution in [3.8, 4) is 0 Å². The summed E-state index contributed by atoms with van der Waals surface area (Å²) in [4.78, 5) is 11.8. The molecule has 0 atom stereocenters. The molecule has 0 heterocycles. The number of hydrogen-bond donors (Lipinski definition) is 1. The Hall–Kier alpha value is -0.250. The lowest BCUT2D eigenvalue weighted by Gasteiger charge is -2.16. The van der Waals surface area contributed by atoms with Crippen molar-refractivity contribution in [2.45, 2.75) is 26.7 Å². The van der Waals surface area contributed by atoms with Crippen molar-refractivity contribution in [2.24, 2.45) is 0 Å². The van der Waals surface area contributed by atoms with Gasteiger partial charge in [-0.1, -0.05) is 13.8 Å². The van der Waals surface area contributed by atoms with Crippen LogP contribution in [0.15, 0.2) is 0 Å². The second-order valence-electron chi connectivity index (χ2n) is 2.27. The van der Waals surface area contributed by atoms with E-state index in [4.69, 9.17) is 5.11 Å². The van der Waals surface area contributed by atoms with Crippen molar-refractivity contribution in [2.75, 3.05) is 13.1 Å². The molecule has 0 aromatic heterocycles. The number of hydrogen-bond acceptors (Lipinski definition) is 1. The topological polar surface area (TPSA) is 40.5 Å². The quantitative estimate of drug-likeness (QED) is 0.799. The van der Waals surface area contributed by atoms with Crippen LogP contribution >= 0.6 is 17.0 Å². The summed E-state index contributed by atoms with van der Waals surface area (Å²) in [5, 5.41) is 8.56. The highest BCUT2D eigenvalue weighted by Crippen LogP contribution is 1.93. The van der Waals surface area contributed by atoms with Gasteiger partial charge >= 0.3 is 6.09 Å². The van der Waals surface area contributed by atoms with Gasteiger partial charge in [-0.2, -0.15) is 0 Å². The Labute approximate surface area is 78.2 Å². The van der Waals surface area contributed by atoms with Gasteiger partial charge in [-0.05, 0) is 12.8 Å². The monoisotopic (exact) mass is 225 g/mol. The van der Waals surface area contributed by atoms with Crippen LogP contribution in [0.2, 0.25) is 0 Å². The minimum Gasteiger partial charge on any atom is -0.465 e. The average molecular weight is 226 g/mol. The van der Waals surface area contributed by atoms with Gasteiger partial charge < -0.3 is 10.0 Å². The van der Waals surface area contributed by atoms with Crippen LogP contribution < -0.4 is 0 Å². The molecule has 0 fully saturated rings. The van der Waals surface area contributed by atoms with Gasteiger partial charge in [-0.25, -0.2) is 4.79 Å². The highest BCUT2D eigenvalue weighted by molar-refractivity contribution is 8.93. The molecule has 1 amide bonds. The third kappa shape index (κ3) is 6.16. The minimum atomic E-state index is -0.802. The largest absolute Gasteiger partial charge is 0.465 e. The van der Waals surface area contributed by atoms with Crippen molar-refractivity contribution < 1.29 is 9.90 Å². The van der Waals surface area contributed by atoms with Crippen LogP contribution in [-0.4, -0.2) is 29.2 Å². The highest BCUT2D eigenvalue weighted by atomic mass is 79.9. The SMILES string of the molecule is Br.CCCN(CCC)C(=O)O. The van der Waals surface area contributed by atoms with Gasteiger partial charge in [-0.15, -0.1) is 17.0 Å². The maximum absolute atomic E-state index is 10.4. The van der Waals surface area contributed by atoms with Gasteiger partial charge in [0.15, 0.2) is 0 Å². The number of carbonyl (C=O) groups is 1. The summed E-state index contributed by atoms with van der Waals surface area (Å²) >= 11 is 0. The van der Waals surface area contributed by atoms with E-state index in [9.17, 15) is 4.79 Å². The van der Waals surface area contributed by atoms with E-state index in [1.54, 1.807) is 0 Å². The van der Waals surface area contributed by atoms with Gasteiger partial charge in [0.2, 0.25) is 0 Å². The van der Waals surface area contributed by atoms with E-state index in [1.807, 2.05) is 13.8 Å². The van der Waals surface area contributed by atoms with Gasteiger partial charge in [-0.3, -0.25) is 0 Å². The summed E-state index contributed by atoms with van der Waals surface area (Å²) in [6, 6.07) is 0. The van der Waals surface area contributed by atoms with Crippen LogP contribution in [0.3, 0.4) is 0 Å². The highest BCUT2D eigenvalue weighted by Gasteiger charge is 2.07. The molecule has 3 nitrogen and oxygen atoms in total. The third-order valence-corrected chi connectivity index (χ3v) is 1.26. The fraction of sp³-hybridized carbons (Fsp3) is 0.857. The van der Waals surface area contributed by atoms with Crippen LogP contribution in [0.4, 0.5) is 4.79 Å². The first-order chi connectivity index (χ1) is 4.72. The van der Waals surface area contributed by atoms with Crippen LogP contribution in [0.1, 0.15) is 26.7 Å². The summed E-state index contributed by atoms with van der Waals surface area (Å²) in [5.41, 5.74) is 0. The lowest BCUT2D eigenvalue weighted by Crippen LogP contribution is -2.30. The first kappa shape index (κ1) is 13.3. The Morgan fingerprint density at radius 2 is 1.64 bits per heavy atom. The Bertz CT molecular complexity index is 103. The van der Waals surface area contributed by atoms with Crippen LogP contribution in [-0.2, 0) is 0 Å². The number of amides is 1. The molecular formula is C7H16BrNO2. The zero-order valence-electron chi connectivity index (χ0n) is 7.04. The van der Waals surface area contributed by atoms with Gasteiger partial charge in [0, 0.05) is 13.1 Å². The number of carboxylic acid groups (broad SMARTS) is 1. The van der Waals surface area contributed by atoms with E-state index in [0.29, 0.717) is 13.1 Å². The molecule has 0 aliphatic rings. The molecule has 0 bridgehead atoms. The normalized spacial score (nSPS) is 8.55. The predicted octanol–water partition coefficient (Wildman–Crippen LogP) is 2.36. The molecule has 0 spiro atoms. The third-order valence-electron chi connectivity index (χ3n) is 1.26. The van der Waals surface area contributed by atoms with E-state index in [0.717, 1.165) is 12.8 Å². The first-order valence-electron chi connectivity index (χ1n) is 3.70. The van der Waals surface area contributed by atoms with Crippen molar-refractivity contribution in [1.29, 1.82) is 0 Å². The van der Waals surface area contributed by atoms with Crippen LogP contribution in [0.5, 0.6) is 0 Å². The van der Waals surface area contributed by atoms with Crippen molar-refractivity contribution in [3.63, 3.8) is 0 Å². The van der Waals surface area contributed by atoms with Gasteiger partial charge in [0.1, 0.15) is 0 Å². The fourth-order valence-electron chi connectivity index (χ4n) is 0.843. The number of halogens is 1. The van der Waals surface area contributed by atoms with E-state index in [1.165, 1.54) is 4.90 Å². The molecule has 1 N–H and O–H groups in total. The fourth-order valence-corrected chi connectivity index (χ4v) is 0.843. The van der Waals surface area contributed by atoms with E-state index in [2.05, 4.69) is 0 Å². The summed E-state index contributed by atoms with van der Waals surface area (Å²) in [7, 11) is 0. The Morgan fingerprint density at radius 1 is 1.27 bits per heavy atom. The van der Waals surface area contributed by atoms with Crippen LogP contribution in [0.25, 0.3) is 0 Å². The number of rotatable bonds is 4. The molecule has 0 aliphatic heterocycles. The number of nitrogens with zero attached hydrogens (tertiary/aromatic N) is 1. The van der Waals surface area contributed by atoms with Crippen molar-refractivity contribution in [3.05, 3.63) is 0 Å². The molecule has 0 aliphatic carbocycles. The smallest absolute Gasteiger partial charge is 0.407 e. The zero-order valence-corrected chi connectivity index (χ0v) is 8.75. The summed E-state index contributed by atoms with van der Waals surface area (Å²) < 4.78 is 0. The molecule has 0 aromatic rings. The molecule has 0 aromatic carbocycles. The second kappa shape index (κ2) is 7.85. The summed E-state index contributed by atoms with van der Waals surface area (Å²) in [5.74, 6) is 0. The molecule has 0 radical (unpaired) electrons. The molecule has 11 heavy (non-hydrogen) atoms. The molecular weight excluding hydrogens is 210 g/mol. The Kier molecular flexibility index (Phi) is 9.53. The van der Waals surface area contributed by atoms with Gasteiger partial charge in [0.05, 0.1) is 0 Å². The maximum atomic E-state index is 10.4. The lowest BCUT2D eigenvalue weighted by molar-refractivity contribution is 0.145. The zero-order chi connectivity index (χ0) is 7.98. The molecule has 0 saturated carbocycles. The molecule has 0 unspecified atom stereocenters. The standard InChI is InChI=1S/C7H15NO2.BrH/c1-3-5-8(6-4-2)7(9)10;/h3-6H2,1-2H3,(H,9,10);1H. The Balaban J connectivity index is 0. The Morgan fingerprint density at radius 3 is 1.82 bits per heavy atom. The summed E-state index contributed by atoms with van der Waals surface area (Å²) in [6.45, 7) is 5.27. The lowest BCUT2D eigenvalue weighted by atomic mass is 10.4. The average Bonchev–Trinajstić information content (AvgIpc) is 1.87. The van der Waals surface area contributed by atoms with Gasteiger partial charge in [0.25, 0.3) is 0 Å².